The highest BCUT2D eigenvalue weighted by atomic mass is 16.2. The molecule has 8 heteroatoms. The quantitative estimate of drug-likeness (QED) is 0.533. The monoisotopic (exact) mass is 403 g/mol. The molecule has 0 bridgehead atoms. The molecule has 1 fully saturated rings. The maximum absolute atomic E-state index is 12.4. The number of hydrogen-bond acceptors (Lipinski definition) is 6. The third kappa shape index (κ3) is 4.66. The maximum atomic E-state index is 12.4. The molecule has 8 nitrogen and oxygen atoms in total. The summed E-state index contributed by atoms with van der Waals surface area (Å²) in [5.74, 6) is 1.05. The van der Waals surface area contributed by atoms with Gasteiger partial charge in [0.25, 0.3) is 0 Å². The molecule has 1 aliphatic rings. The fraction of sp³-hybridized carbons (Fsp3) is 0.227. The second-order valence-corrected chi connectivity index (χ2v) is 7.18. The van der Waals surface area contributed by atoms with E-state index in [2.05, 4.69) is 30.8 Å². The van der Waals surface area contributed by atoms with Gasteiger partial charge < -0.3 is 26.6 Å². The standard InChI is InChI=1S/C22H25N7O/c1-15-5-2-3-8-18(15)27-22(30)25-17-7-4-6-16(13-17)19-14-20(28-21(23)26-19)29-11-9-24-10-12-29/h2-8,13-14,24H,9-12H2,1H3,(H2,23,26,28)(H2,25,27,30). The van der Waals surface area contributed by atoms with Gasteiger partial charge >= 0.3 is 6.03 Å². The van der Waals surface area contributed by atoms with E-state index in [4.69, 9.17) is 5.73 Å². The number of rotatable bonds is 4. The van der Waals surface area contributed by atoms with E-state index in [-0.39, 0.29) is 12.0 Å². The smallest absolute Gasteiger partial charge is 0.323 e. The molecule has 3 aromatic rings. The Bertz CT molecular complexity index is 1050. The summed E-state index contributed by atoms with van der Waals surface area (Å²) in [6.45, 7) is 5.52. The van der Waals surface area contributed by atoms with Crippen molar-refractivity contribution in [1.82, 2.24) is 15.3 Å². The number of aryl methyl sites for hydroxylation is 1. The van der Waals surface area contributed by atoms with Gasteiger partial charge in [-0.15, -0.1) is 0 Å². The molecule has 2 aromatic carbocycles. The Balaban J connectivity index is 1.52. The zero-order valence-electron chi connectivity index (χ0n) is 16.9. The van der Waals surface area contributed by atoms with Crippen LogP contribution in [0.15, 0.2) is 54.6 Å². The first kappa shape index (κ1) is 19.7. The van der Waals surface area contributed by atoms with E-state index in [1.165, 1.54) is 0 Å². The number of nitrogens with two attached hydrogens (primary N) is 1. The van der Waals surface area contributed by atoms with Gasteiger partial charge in [0, 0.05) is 49.2 Å². The summed E-state index contributed by atoms with van der Waals surface area (Å²) >= 11 is 0. The molecule has 30 heavy (non-hydrogen) atoms. The lowest BCUT2D eigenvalue weighted by Gasteiger charge is -2.28. The van der Waals surface area contributed by atoms with Crippen LogP contribution in [0.5, 0.6) is 0 Å². The zero-order chi connectivity index (χ0) is 20.9. The number of hydrogen-bond donors (Lipinski definition) is 4. The van der Waals surface area contributed by atoms with Crippen molar-refractivity contribution in [1.29, 1.82) is 0 Å². The van der Waals surface area contributed by atoms with Gasteiger partial charge in [-0.1, -0.05) is 30.3 Å². The van der Waals surface area contributed by atoms with Crippen LogP contribution >= 0.6 is 0 Å². The SMILES string of the molecule is Cc1ccccc1NC(=O)Nc1cccc(-c2cc(N3CCNCC3)nc(N)n2)c1. The lowest BCUT2D eigenvalue weighted by atomic mass is 10.1. The van der Waals surface area contributed by atoms with Crippen molar-refractivity contribution < 1.29 is 4.79 Å². The molecule has 5 N–H and O–H groups in total. The zero-order valence-corrected chi connectivity index (χ0v) is 16.9. The maximum Gasteiger partial charge on any atom is 0.323 e. The lowest BCUT2D eigenvalue weighted by molar-refractivity contribution is 0.262. The molecule has 2 amide bonds. The van der Waals surface area contributed by atoms with Crippen LogP contribution in [0.4, 0.5) is 27.9 Å². The van der Waals surface area contributed by atoms with Crippen LogP contribution < -0.4 is 26.6 Å². The molecular formula is C22H25N7O. The van der Waals surface area contributed by atoms with Crippen LogP contribution in [-0.2, 0) is 0 Å². The van der Waals surface area contributed by atoms with Gasteiger partial charge in [-0.25, -0.2) is 9.78 Å². The Hall–Kier alpha value is -3.65. The first-order valence-electron chi connectivity index (χ1n) is 9.93. The summed E-state index contributed by atoms with van der Waals surface area (Å²) in [6, 6.07) is 16.8. The van der Waals surface area contributed by atoms with Crippen molar-refractivity contribution in [3.8, 4) is 11.3 Å². The lowest BCUT2D eigenvalue weighted by Crippen LogP contribution is -2.44. The first-order valence-corrected chi connectivity index (χ1v) is 9.93. The van der Waals surface area contributed by atoms with Gasteiger partial charge in [-0.05, 0) is 30.7 Å². The van der Waals surface area contributed by atoms with Gasteiger partial charge in [-0.2, -0.15) is 4.98 Å². The van der Waals surface area contributed by atoms with Crippen LogP contribution in [0.3, 0.4) is 0 Å². The molecule has 0 unspecified atom stereocenters. The number of anilines is 4. The van der Waals surface area contributed by atoms with E-state index in [9.17, 15) is 4.79 Å². The Kier molecular flexibility index (Phi) is 5.76. The van der Waals surface area contributed by atoms with E-state index in [1.807, 2.05) is 61.5 Å². The minimum absolute atomic E-state index is 0.233. The van der Waals surface area contributed by atoms with Gasteiger partial charge in [0.05, 0.1) is 5.69 Å². The highest BCUT2D eigenvalue weighted by molar-refractivity contribution is 6.00. The van der Waals surface area contributed by atoms with Crippen molar-refractivity contribution in [2.75, 3.05) is 47.4 Å². The molecule has 0 atom stereocenters. The fourth-order valence-electron chi connectivity index (χ4n) is 3.41. The predicted octanol–water partition coefficient (Wildman–Crippen LogP) is 3.09. The molecule has 4 rings (SSSR count). The van der Waals surface area contributed by atoms with Crippen LogP contribution in [-0.4, -0.2) is 42.2 Å². The van der Waals surface area contributed by atoms with Gasteiger partial charge in [0.2, 0.25) is 5.95 Å². The highest BCUT2D eigenvalue weighted by Gasteiger charge is 2.15. The summed E-state index contributed by atoms with van der Waals surface area (Å²) in [7, 11) is 0. The predicted molar refractivity (Wildman–Crippen MR) is 121 cm³/mol. The average Bonchev–Trinajstić information content (AvgIpc) is 2.76. The Morgan fingerprint density at radius 1 is 1.03 bits per heavy atom. The third-order valence-corrected chi connectivity index (χ3v) is 4.98. The van der Waals surface area contributed by atoms with E-state index >= 15 is 0 Å². The van der Waals surface area contributed by atoms with Gasteiger partial charge in [-0.3, -0.25) is 0 Å². The second kappa shape index (κ2) is 8.79. The normalized spacial score (nSPS) is 13.7. The first-order chi connectivity index (χ1) is 14.6. The summed E-state index contributed by atoms with van der Waals surface area (Å²) in [5, 5.41) is 9.08. The van der Waals surface area contributed by atoms with E-state index in [1.54, 1.807) is 0 Å². The average molecular weight is 403 g/mol. The van der Waals surface area contributed by atoms with Gasteiger partial charge in [0.15, 0.2) is 0 Å². The van der Waals surface area contributed by atoms with Crippen LogP contribution in [0.25, 0.3) is 11.3 Å². The molecule has 1 saturated heterocycles. The van der Waals surface area contributed by atoms with Gasteiger partial charge in [0.1, 0.15) is 5.82 Å². The van der Waals surface area contributed by atoms with Crippen molar-refractivity contribution in [2.45, 2.75) is 6.92 Å². The Morgan fingerprint density at radius 3 is 2.63 bits per heavy atom. The second-order valence-electron chi connectivity index (χ2n) is 7.18. The number of nitrogens with zero attached hydrogens (tertiary/aromatic N) is 3. The molecule has 0 radical (unpaired) electrons. The molecule has 0 saturated carbocycles. The largest absolute Gasteiger partial charge is 0.368 e. The molecule has 1 aliphatic heterocycles. The number of urea groups is 1. The van der Waals surface area contributed by atoms with Crippen molar-refractivity contribution in [3.05, 3.63) is 60.2 Å². The number of amides is 2. The number of piperazine rings is 1. The summed E-state index contributed by atoms with van der Waals surface area (Å²) < 4.78 is 0. The number of aromatic nitrogens is 2. The van der Waals surface area contributed by atoms with E-state index < -0.39 is 0 Å². The van der Waals surface area contributed by atoms with Crippen molar-refractivity contribution in [2.24, 2.45) is 0 Å². The molecule has 154 valence electrons. The topological polar surface area (TPSA) is 108 Å². The minimum atomic E-state index is -0.301. The van der Waals surface area contributed by atoms with Crippen molar-refractivity contribution >= 4 is 29.2 Å². The van der Waals surface area contributed by atoms with Crippen LogP contribution in [0.1, 0.15) is 5.56 Å². The molecular weight excluding hydrogens is 378 g/mol. The van der Waals surface area contributed by atoms with Crippen LogP contribution in [0, 0.1) is 6.92 Å². The summed E-state index contributed by atoms with van der Waals surface area (Å²) in [4.78, 5) is 23.4. The Labute approximate surface area is 175 Å². The fourth-order valence-corrected chi connectivity index (χ4v) is 3.41. The van der Waals surface area contributed by atoms with E-state index in [0.717, 1.165) is 54.5 Å². The molecule has 1 aromatic heterocycles. The van der Waals surface area contributed by atoms with E-state index in [0.29, 0.717) is 5.69 Å². The molecule has 0 aliphatic carbocycles. The number of para-hydroxylation sites is 1. The Morgan fingerprint density at radius 2 is 1.83 bits per heavy atom. The van der Waals surface area contributed by atoms with Crippen LogP contribution in [0.2, 0.25) is 0 Å². The third-order valence-electron chi connectivity index (χ3n) is 4.98. The summed E-state index contributed by atoms with van der Waals surface area (Å²) in [5.41, 5.74) is 9.99. The number of nitrogens with one attached hydrogen (secondary N) is 3. The molecule has 2 heterocycles. The highest BCUT2D eigenvalue weighted by Crippen LogP contribution is 2.25. The number of nitrogen functional groups attached to an aromatic ring is 1. The van der Waals surface area contributed by atoms with Crippen molar-refractivity contribution in [3.63, 3.8) is 0 Å². The number of benzene rings is 2. The molecule has 0 spiro atoms. The summed E-state index contributed by atoms with van der Waals surface area (Å²) in [6.07, 6.45) is 0. The number of carbonyl (C=O) groups is 1. The number of carbonyl (C=O) groups excluding carboxylic acids is 1. The minimum Gasteiger partial charge on any atom is -0.368 e.